The van der Waals surface area contributed by atoms with Gasteiger partial charge in [0.15, 0.2) is 11.5 Å². The molecule has 118 valence electrons. The molecule has 0 saturated carbocycles. The van der Waals surface area contributed by atoms with Crippen molar-refractivity contribution in [3.8, 4) is 17.2 Å². The number of benzene rings is 3. The van der Waals surface area contributed by atoms with Gasteiger partial charge in [-0.05, 0) is 41.8 Å². The molecule has 5 heteroatoms. The van der Waals surface area contributed by atoms with Crippen molar-refractivity contribution in [2.75, 3.05) is 13.9 Å². The summed E-state index contributed by atoms with van der Waals surface area (Å²) >= 11 is 0. The molecular weight excluding hydrogens is 308 g/mol. The van der Waals surface area contributed by atoms with Crippen molar-refractivity contribution < 1.29 is 18.6 Å². The summed E-state index contributed by atoms with van der Waals surface area (Å²) in [6.45, 7) is 0.190. The third-order valence-electron chi connectivity index (χ3n) is 4.35. The van der Waals surface area contributed by atoms with E-state index in [4.69, 9.17) is 18.6 Å². The van der Waals surface area contributed by atoms with Crippen LogP contribution in [0.4, 0.5) is 0 Å². The van der Waals surface area contributed by atoms with E-state index in [1.54, 1.807) is 25.3 Å². The van der Waals surface area contributed by atoms with Gasteiger partial charge in [0.25, 0.3) is 0 Å². The molecule has 3 aromatic carbocycles. The molecule has 0 aliphatic carbocycles. The van der Waals surface area contributed by atoms with E-state index in [2.05, 4.69) is 0 Å². The Morgan fingerprint density at radius 2 is 1.79 bits per heavy atom. The zero-order valence-corrected chi connectivity index (χ0v) is 12.8. The van der Waals surface area contributed by atoms with E-state index in [9.17, 15) is 4.79 Å². The first-order valence-corrected chi connectivity index (χ1v) is 7.51. The highest BCUT2D eigenvalue weighted by atomic mass is 16.7. The monoisotopic (exact) mass is 320 g/mol. The molecule has 0 atom stereocenters. The Balaban J connectivity index is 1.93. The second-order valence-corrected chi connectivity index (χ2v) is 5.66. The largest absolute Gasteiger partial charge is 0.497 e. The van der Waals surface area contributed by atoms with Crippen molar-refractivity contribution in [3.05, 3.63) is 52.7 Å². The van der Waals surface area contributed by atoms with E-state index in [0.717, 1.165) is 10.8 Å². The van der Waals surface area contributed by atoms with Crippen LogP contribution in [-0.2, 0) is 0 Å². The first-order valence-electron chi connectivity index (χ1n) is 7.51. The van der Waals surface area contributed by atoms with Gasteiger partial charge in [0.05, 0.1) is 17.9 Å². The van der Waals surface area contributed by atoms with E-state index in [1.807, 2.05) is 24.3 Å². The molecule has 5 nitrogen and oxygen atoms in total. The molecule has 0 N–H and O–H groups in total. The zero-order valence-electron chi connectivity index (χ0n) is 12.8. The van der Waals surface area contributed by atoms with Gasteiger partial charge in [-0.1, -0.05) is 6.07 Å². The summed E-state index contributed by atoms with van der Waals surface area (Å²) in [7, 11) is 1.57. The van der Waals surface area contributed by atoms with Crippen molar-refractivity contribution in [1.82, 2.24) is 0 Å². The van der Waals surface area contributed by atoms with Crippen LogP contribution in [0.5, 0.6) is 17.2 Å². The Kier molecular flexibility index (Phi) is 2.56. The lowest BCUT2D eigenvalue weighted by Crippen LogP contribution is -2.02. The molecule has 24 heavy (non-hydrogen) atoms. The Labute approximate surface area is 136 Å². The number of ether oxygens (including phenoxy) is 3. The lowest BCUT2D eigenvalue weighted by atomic mass is 10.0. The Hall–Kier alpha value is -3.21. The highest BCUT2D eigenvalue weighted by molar-refractivity contribution is 6.02. The van der Waals surface area contributed by atoms with Gasteiger partial charge >= 0.3 is 0 Å². The molecule has 0 amide bonds. The molecule has 4 aromatic rings. The highest BCUT2D eigenvalue weighted by Crippen LogP contribution is 2.40. The Bertz CT molecular complexity index is 1190. The van der Waals surface area contributed by atoms with E-state index in [1.165, 1.54) is 0 Å². The SMILES string of the molecule is COc1ccc2oc3cc4ccc5c(c4cc3c(=O)c2c1)OCO5. The fourth-order valence-electron chi connectivity index (χ4n) is 3.15. The second-order valence-electron chi connectivity index (χ2n) is 5.66. The maximum Gasteiger partial charge on any atom is 0.231 e. The van der Waals surface area contributed by atoms with Crippen molar-refractivity contribution in [1.29, 1.82) is 0 Å². The molecule has 0 spiro atoms. The van der Waals surface area contributed by atoms with Crippen LogP contribution in [0.15, 0.2) is 51.7 Å². The first-order chi connectivity index (χ1) is 11.7. The maximum absolute atomic E-state index is 12.9. The smallest absolute Gasteiger partial charge is 0.231 e. The number of fused-ring (bicyclic) bond motifs is 5. The zero-order chi connectivity index (χ0) is 16.3. The van der Waals surface area contributed by atoms with Crippen LogP contribution in [0.2, 0.25) is 0 Å². The molecule has 2 heterocycles. The van der Waals surface area contributed by atoms with Crippen LogP contribution < -0.4 is 19.6 Å². The van der Waals surface area contributed by atoms with Crippen LogP contribution in [0.3, 0.4) is 0 Å². The molecule has 0 saturated heterocycles. The van der Waals surface area contributed by atoms with Gasteiger partial charge in [0.2, 0.25) is 12.2 Å². The summed E-state index contributed by atoms with van der Waals surface area (Å²) in [6.07, 6.45) is 0. The van der Waals surface area contributed by atoms with Crippen LogP contribution in [0.25, 0.3) is 32.7 Å². The summed E-state index contributed by atoms with van der Waals surface area (Å²) in [4.78, 5) is 12.9. The van der Waals surface area contributed by atoms with Crippen LogP contribution in [0.1, 0.15) is 0 Å². The molecule has 1 aliphatic heterocycles. The number of methoxy groups -OCH3 is 1. The van der Waals surface area contributed by atoms with E-state index in [0.29, 0.717) is 39.2 Å². The minimum absolute atomic E-state index is 0.0939. The van der Waals surface area contributed by atoms with Crippen molar-refractivity contribution in [2.45, 2.75) is 0 Å². The second kappa shape index (κ2) is 4.64. The minimum atomic E-state index is -0.0939. The van der Waals surface area contributed by atoms with E-state index >= 15 is 0 Å². The van der Waals surface area contributed by atoms with Gasteiger partial charge in [-0.2, -0.15) is 0 Å². The molecule has 1 aliphatic rings. The third kappa shape index (κ3) is 1.72. The first kappa shape index (κ1) is 13.2. The molecule has 0 radical (unpaired) electrons. The average molecular weight is 320 g/mol. The third-order valence-corrected chi connectivity index (χ3v) is 4.35. The van der Waals surface area contributed by atoms with Crippen LogP contribution in [0, 0.1) is 0 Å². The van der Waals surface area contributed by atoms with Gasteiger partial charge in [-0.3, -0.25) is 4.79 Å². The Morgan fingerprint density at radius 3 is 2.67 bits per heavy atom. The molecule has 0 fully saturated rings. The molecule has 0 bridgehead atoms. The summed E-state index contributed by atoms with van der Waals surface area (Å²) in [5.74, 6) is 1.97. The van der Waals surface area contributed by atoms with Gasteiger partial charge in [-0.15, -0.1) is 0 Å². The van der Waals surface area contributed by atoms with Crippen molar-refractivity contribution in [3.63, 3.8) is 0 Å². The number of hydrogen-bond donors (Lipinski definition) is 0. The lowest BCUT2D eigenvalue weighted by molar-refractivity contribution is 0.175. The van der Waals surface area contributed by atoms with Gasteiger partial charge in [0, 0.05) is 5.39 Å². The number of hydrogen-bond acceptors (Lipinski definition) is 5. The predicted octanol–water partition coefficient (Wildman–Crippen LogP) is 3.84. The minimum Gasteiger partial charge on any atom is -0.497 e. The number of rotatable bonds is 1. The van der Waals surface area contributed by atoms with E-state index in [-0.39, 0.29) is 12.2 Å². The summed E-state index contributed by atoms with van der Waals surface area (Å²) < 4.78 is 22.1. The topological polar surface area (TPSA) is 57.9 Å². The average Bonchev–Trinajstić information content (AvgIpc) is 3.09. The quantitative estimate of drug-likeness (QED) is 0.499. The fourth-order valence-corrected chi connectivity index (χ4v) is 3.15. The summed E-state index contributed by atoms with van der Waals surface area (Å²) in [6, 6.07) is 12.7. The van der Waals surface area contributed by atoms with E-state index < -0.39 is 0 Å². The van der Waals surface area contributed by atoms with Gasteiger partial charge in [-0.25, -0.2) is 0 Å². The molecule has 5 rings (SSSR count). The predicted molar refractivity (Wildman–Crippen MR) is 90.2 cm³/mol. The molecule has 0 unspecified atom stereocenters. The normalized spacial score (nSPS) is 13.0. The standard InChI is InChI=1S/C19H12O5/c1-21-11-3-5-15-13(7-11)18(20)14-8-12-10(6-17(14)24-15)2-4-16-19(12)23-9-22-16/h2-8H,9H2,1H3. The van der Waals surface area contributed by atoms with Crippen LogP contribution in [-0.4, -0.2) is 13.9 Å². The summed E-state index contributed by atoms with van der Waals surface area (Å²) in [5, 5.41) is 2.77. The molecular formula is C19H12O5. The van der Waals surface area contributed by atoms with Gasteiger partial charge in [0.1, 0.15) is 16.9 Å². The maximum atomic E-state index is 12.9. The molecule has 1 aromatic heterocycles. The van der Waals surface area contributed by atoms with Crippen molar-refractivity contribution in [2.24, 2.45) is 0 Å². The lowest BCUT2D eigenvalue weighted by Gasteiger charge is -2.07. The highest BCUT2D eigenvalue weighted by Gasteiger charge is 2.18. The Morgan fingerprint density at radius 1 is 0.917 bits per heavy atom. The van der Waals surface area contributed by atoms with Crippen molar-refractivity contribution >= 4 is 32.7 Å². The summed E-state index contributed by atoms with van der Waals surface area (Å²) in [5.41, 5.74) is 0.987. The van der Waals surface area contributed by atoms with Gasteiger partial charge < -0.3 is 18.6 Å². The fraction of sp³-hybridized carbons (Fsp3) is 0.105. The van der Waals surface area contributed by atoms with Crippen LogP contribution >= 0.6 is 0 Å².